The number of fused-ring (bicyclic) bond motifs is 1. The molecule has 1 aromatic carbocycles. The fraction of sp³-hybridized carbons (Fsp3) is 0.278. The molecule has 2 aromatic heterocycles. The van der Waals surface area contributed by atoms with Gasteiger partial charge in [0.15, 0.2) is 11.8 Å². The van der Waals surface area contributed by atoms with Gasteiger partial charge in [-0.15, -0.1) is 0 Å². The number of aromatic amines is 1. The van der Waals surface area contributed by atoms with E-state index in [2.05, 4.69) is 30.9 Å². The number of ether oxygens (including phenoxy) is 1. The maximum Gasteiger partial charge on any atom is 0.310 e. The number of hydrogen-bond donors (Lipinski definition) is 1. The molecule has 2 heterocycles. The SMILES string of the molecule is C[C@H](OC(=O)[C@H]1C[C@@H]1c1ccc(F)cc1F)c1nc2ncc(Br)cc2[nH]1. The minimum atomic E-state index is -0.634. The molecule has 1 aliphatic carbocycles. The first-order chi connectivity index (χ1) is 12.4. The molecule has 0 spiro atoms. The summed E-state index contributed by atoms with van der Waals surface area (Å²) < 4.78 is 33.1. The first kappa shape index (κ1) is 17.1. The van der Waals surface area contributed by atoms with Crippen LogP contribution < -0.4 is 0 Å². The Hall–Kier alpha value is -2.35. The Morgan fingerprint density at radius 2 is 2.19 bits per heavy atom. The van der Waals surface area contributed by atoms with E-state index < -0.39 is 29.6 Å². The van der Waals surface area contributed by atoms with Gasteiger partial charge in [-0.05, 0) is 47.0 Å². The van der Waals surface area contributed by atoms with Crippen molar-refractivity contribution in [2.75, 3.05) is 0 Å². The normalized spacial score (nSPS) is 20.2. The number of hydrogen-bond acceptors (Lipinski definition) is 4. The van der Waals surface area contributed by atoms with Gasteiger partial charge in [0.1, 0.15) is 17.5 Å². The van der Waals surface area contributed by atoms with Gasteiger partial charge in [0.05, 0.1) is 11.4 Å². The molecule has 26 heavy (non-hydrogen) atoms. The van der Waals surface area contributed by atoms with Gasteiger partial charge in [0, 0.05) is 22.7 Å². The minimum absolute atomic E-state index is 0.274. The monoisotopic (exact) mass is 421 g/mol. The molecule has 0 aliphatic heterocycles. The molecule has 4 rings (SSSR count). The van der Waals surface area contributed by atoms with Crippen LogP contribution in [-0.4, -0.2) is 20.9 Å². The quantitative estimate of drug-likeness (QED) is 0.633. The summed E-state index contributed by atoms with van der Waals surface area (Å²) in [6, 6.07) is 5.25. The van der Waals surface area contributed by atoms with Crippen molar-refractivity contribution in [3.05, 3.63) is 58.0 Å². The van der Waals surface area contributed by atoms with Crippen LogP contribution in [0, 0.1) is 17.6 Å². The third-order valence-corrected chi connectivity index (χ3v) is 4.89. The van der Waals surface area contributed by atoms with E-state index >= 15 is 0 Å². The van der Waals surface area contributed by atoms with Crippen molar-refractivity contribution < 1.29 is 18.3 Å². The van der Waals surface area contributed by atoms with E-state index in [0.29, 0.717) is 23.5 Å². The molecule has 1 N–H and O–H groups in total. The highest BCUT2D eigenvalue weighted by atomic mass is 79.9. The second-order valence-electron chi connectivity index (χ2n) is 6.34. The molecule has 1 saturated carbocycles. The van der Waals surface area contributed by atoms with E-state index in [1.165, 1.54) is 12.1 Å². The summed E-state index contributed by atoms with van der Waals surface area (Å²) in [4.78, 5) is 23.9. The van der Waals surface area contributed by atoms with Gasteiger partial charge in [-0.1, -0.05) is 6.07 Å². The predicted octanol–water partition coefficient (Wildman–Crippen LogP) is 4.41. The molecule has 0 saturated heterocycles. The number of carbonyl (C=O) groups excluding carboxylic acids is 1. The highest BCUT2D eigenvalue weighted by molar-refractivity contribution is 9.10. The third-order valence-electron chi connectivity index (χ3n) is 4.46. The van der Waals surface area contributed by atoms with E-state index in [4.69, 9.17) is 4.74 Å². The van der Waals surface area contributed by atoms with Crippen molar-refractivity contribution >= 4 is 33.1 Å². The van der Waals surface area contributed by atoms with Crippen LogP contribution in [0.2, 0.25) is 0 Å². The standard InChI is InChI=1S/C18H14BrF2N3O2/c1-8(16-23-15-4-9(19)7-22-17(15)24-16)26-18(25)13-6-12(13)11-3-2-10(20)5-14(11)21/h2-5,7-8,12-13H,6H2,1H3,(H,22,23,24)/t8-,12+,13-/m0/s1. The zero-order valence-corrected chi connectivity index (χ0v) is 15.3. The van der Waals surface area contributed by atoms with E-state index in [0.717, 1.165) is 16.1 Å². The number of benzene rings is 1. The molecule has 0 bridgehead atoms. The average Bonchev–Trinajstić information content (AvgIpc) is 3.26. The maximum atomic E-state index is 13.8. The van der Waals surface area contributed by atoms with Crippen LogP contribution in [0.3, 0.4) is 0 Å². The molecule has 3 atom stereocenters. The predicted molar refractivity (Wildman–Crippen MR) is 93.3 cm³/mol. The second-order valence-corrected chi connectivity index (χ2v) is 7.26. The lowest BCUT2D eigenvalue weighted by atomic mass is 10.1. The van der Waals surface area contributed by atoms with Crippen LogP contribution in [0.25, 0.3) is 11.2 Å². The number of imidazole rings is 1. The number of aromatic nitrogens is 3. The van der Waals surface area contributed by atoms with E-state index in [1.807, 2.05) is 6.07 Å². The lowest BCUT2D eigenvalue weighted by molar-refractivity contribution is -0.150. The van der Waals surface area contributed by atoms with Crippen molar-refractivity contribution in [2.24, 2.45) is 5.92 Å². The first-order valence-electron chi connectivity index (χ1n) is 8.09. The number of nitrogens with one attached hydrogen (secondary N) is 1. The number of esters is 1. The van der Waals surface area contributed by atoms with Gasteiger partial charge in [0.2, 0.25) is 0 Å². The fourth-order valence-electron chi connectivity index (χ4n) is 3.00. The molecule has 5 nitrogen and oxygen atoms in total. The van der Waals surface area contributed by atoms with Crippen LogP contribution in [-0.2, 0) is 9.53 Å². The van der Waals surface area contributed by atoms with Gasteiger partial charge in [0.25, 0.3) is 0 Å². The van der Waals surface area contributed by atoms with Crippen LogP contribution in [0.1, 0.15) is 36.8 Å². The van der Waals surface area contributed by atoms with Gasteiger partial charge < -0.3 is 9.72 Å². The zero-order valence-electron chi connectivity index (χ0n) is 13.7. The molecule has 1 aliphatic rings. The Balaban J connectivity index is 1.44. The van der Waals surface area contributed by atoms with Gasteiger partial charge >= 0.3 is 5.97 Å². The van der Waals surface area contributed by atoms with Crippen LogP contribution in [0.15, 0.2) is 34.9 Å². The molecular weight excluding hydrogens is 408 g/mol. The lowest BCUT2D eigenvalue weighted by Gasteiger charge is -2.10. The van der Waals surface area contributed by atoms with Crippen LogP contribution in [0.4, 0.5) is 8.78 Å². The van der Waals surface area contributed by atoms with Crippen molar-refractivity contribution in [3.63, 3.8) is 0 Å². The highest BCUT2D eigenvalue weighted by Crippen LogP contribution is 2.49. The smallest absolute Gasteiger partial charge is 0.310 e. The Morgan fingerprint density at radius 3 is 2.96 bits per heavy atom. The van der Waals surface area contributed by atoms with Crippen molar-refractivity contribution in [3.8, 4) is 0 Å². The third kappa shape index (κ3) is 3.21. The Kier molecular flexibility index (Phi) is 4.22. The van der Waals surface area contributed by atoms with Crippen LogP contribution >= 0.6 is 15.9 Å². The summed E-state index contributed by atoms with van der Waals surface area (Å²) in [5.41, 5.74) is 1.61. The zero-order chi connectivity index (χ0) is 18.4. The summed E-state index contributed by atoms with van der Waals surface area (Å²) in [5, 5.41) is 0. The summed E-state index contributed by atoms with van der Waals surface area (Å²) in [6.45, 7) is 1.71. The summed E-state index contributed by atoms with van der Waals surface area (Å²) in [5.74, 6) is -1.89. The summed E-state index contributed by atoms with van der Waals surface area (Å²) in [6.07, 6.45) is 1.54. The van der Waals surface area contributed by atoms with Gasteiger partial charge in [-0.2, -0.15) is 0 Å². The lowest BCUT2D eigenvalue weighted by Crippen LogP contribution is -2.12. The van der Waals surface area contributed by atoms with E-state index in [9.17, 15) is 13.6 Å². The maximum absolute atomic E-state index is 13.8. The highest BCUT2D eigenvalue weighted by Gasteiger charge is 2.47. The number of halogens is 3. The summed E-state index contributed by atoms with van der Waals surface area (Å²) in [7, 11) is 0. The van der Waals surface area contributed by atoms with E-state index in [1.54, 1.807) is 13.1 Å². The number of H-pyrrole nitrogens is 1. The molecule has 0 amide bonds. The van der Waals surface area contributed by atoms with E-state index in [-0.39, 0.29) is 5.92 Å². The molecular formula is C18H14BrF2N3O2. The Labute approximate surface area is 155 Å². The van der Waals surface area contributed by atoms with Gasteiger partial charge in [-0.3, -0.25) is 4.79 Å². The average molecular weight is 422 g/mol. The fourth-order valence-corrected chi connectivity index (χ4v) is 3.34. The number of carbonyl (C=O) groups is 1. The second kappa shape index (κ2) is 6.42. The number of nitrogens with zero attached hydrogens (tertiary/aromatic N) is 2. The molecule has 1 fully saturated rings. The Morgan fingerprint density at radius 1 is 1.38 bits per heavy atom. The molecule has 0 unspecified atom stereocenters. The number of pyridine rings is 1. The molecule has 0 radical (unpaired) electrons. The Bertz CT molecular complexity index is 1010. The largest absolute Gasteiger partial charge is 0.454 e. The van der Waals surface area contributed by atoms with Crippen molar-refractivity contribution in [2.45, 2.75) is 25.4 Å². The summed E-state index contributed by atoms with van der Waals surface area (Å²) >= 11 is 3.34. The number of rotatable bonds is 4. The van der Waals surface area contributed by atoms with Crippen molar-refractivity contribution in [1.82, 2.24) is 15.0 Å². The first-order valence-corrected chi connectivity index (χ1v) is 8.88. The van der Waals surface area contributed by atoms with Gasteiger partial charge in [-0.25, -0.2) is 18.7 Å². The molecule has 3 aromatic rings. The van der Waals surface area contributed by atoms with Crippen molar-refractivity contribution in [1.29, 1.82) is 0 Å². The van der Waals surface area contributed by atoms with Crippen LogP contribution in [0.5, 0.6) is 0 Å². The molecule has 8 heteroatoms. The minimum Gasteiger partial charge on any atom is -0.454 e. The molecule has 134 valence electrons. The topological polar surface area (TPSA) is 67.9 Å².